The van der Waals surface area contributed by atoms with Crippen LogP contribution in [0.15, 0.2) is 41.8 Å². The lowest BCUT2D eigenvalue weighted by Crippen LogP contribution is -2.28. The first-order valence-electron chi connectivity index (χ1n) is 7.99. The number of thiophene rings is 1. The summed E-state index contributed by atoms with van der Waals surface area (Å²) in [4.78, 5) is 13.3. The van der Waals surface area contributed by atoms with Gasteiger partial charge in [0, 0.05) is 11.4 Å². The van der Waals surface area contributed by atoms with Gasteiger partial charge in [0.1, 0.15) is 11.4 Å². The van der Waals surface area contributed by atoms with Crippen LogP contribution in [0.1, 0.15) is 43.7 Å². The van der Waals surface area contributed by atoms with Crippen LogP contribution in [0, 0.1) is 0 Å². The zero-order chi connectivity index (χ0) is 17.6. The summed E-state index contributed by atoms with van der Waals surface area (Å²) in [6.45, 7) is 6.33. The number of nitrogens with one attached hydrogen (secondary N) is 1. The Morgan fingerprint density at radius 2 is 1.92 bits per heavy atom. The smallest absolute Gasteiger partial charge is 0.308 e. The molecule has 0 amide bonds. The fourth-order valence-electron chi connectivity index (χ4n) is 2.30. The largest absolute Gasteiger partial charge is 0.497 e. The lowest BCUT2D eigenvalue weighted by molar-refractivity contribution is -0.155. The fraction of sp³-hybridized carbons (Fsp3) is 0.421. The highest BCUT2D eigenvalue weighted by atomic mass is 32.1. The predicted molar refractivity (Wildman–Crippen MR) is 97.4 cm³/mol. The van der Waals surface area contributed by atoms with E-state index in [1.54, 1.807) is 18.4 Å². The molecule has 4 nitrogen and oxygen atoms in total. The van der Waals surface area contributed by atoms with E-state index < -0.39 is 5.60 Å². The molecule has 0 unspecified atom stereocenters. The number of hydrogen-bond donors (Lipinski definition) is 1. The van der Waals surface area contributed by atoms with Crippen LogP contribution in [-0.4, -0.2) is 18.7 Å². The molecule has 0 saturated heterocycles. The summed E-state index contributed by atoms with van der Waals surface area (Å²) in [7, 11) is 1.65. The minimum atomic E-state index is -0.465. The van der Waals surface area contributed by atoms with E-state index >= 15 is 0 Å². The lowest BCUT2D eigenvalue weighted by atomic mass is 10.1. The molecule has 1 N–H and O–H groups in total. The van der Waals surface area contributed by atoms with Gasteiger partial charge in [0.05, 0.1) is 19.6 Å². The van der Waals surface area contributed by atoms with Gasteiger partial charge < -0.3 is 14.8 Å². The van der Waals surface area contributed by atoms with Gasteiger partial charge in [-0.15, -0.1) is 11.3 Å². The molecule has 2 aromatic rings. The summed E-state index contributed by atoms with van der Waals surface area (Å²) in [5.74, 6) is 0.644. The average Bonchev–Trinajstić information content (AvgIpc) is 3.04. The number of methoxy groups -OCH3 is 1. The number of esters is 1. The molecule has 2 rings (SSSR count). The lowest BCUT2D eigenvalue weighted by Gasteiger charge is -2.22. The van der Waals surface area contributed by atoms with Crippen LogP contribution in [0.3, 0.4) is 0 Å². The Kier molecular flexibility index (Phi) is 6.40. The van der Waals surface area contributed by atoms with Gasteiger partial charge in [0.2, 0.25) is 0 Å². The molecule has 0 saturated carbocycles. The molecule has 24 heavy (non-hydrogen) atoms. The van der Waals surface area contributed by atoms with Crippen LogP contribution in [0.25, 0.3) is 0 Å². The molecule has 1 atom stereocenters. The van der Waals surface area contributed by atoms with E-state index in [2.05, 4.69) is 5.32 Å². The maximum atomic E-state index is 12.2. The monoisotopic (exact) mass is 347 g/mol. The van der Waals surface area contributed by atoms with Crippen molar-refractivity contribution in [3.63, 3.8) is 0 Å². The van der Waals surface area contributed by atoms with Gasteiger partial charge in [-0.2, -0.15) is 0 Å². The van der Waals surface area contributed by atoms with E-state index in [1.807, 2.05) is 62.5 Å². The summed E-state index contributed by atoms with van der Waals surface area (Å²) >= 11 is 1.64. The second kappa shape index (κ2) is 8.31. The minimum Gasteiger partial charge on any atom is -0.497 e. The molecule has 1 aromatic heterocycles. The second-order valence-corrected chi connectivity index (χ2v) is 7.57. The van der Waals surface area contributed by atoms with E-state index in [1.165, 1.54) is 0 Å². The van der Waals surface area contributed by atoms with Gasteiger partial charge in [-0.05, 0) is 49.9 Å². The number of hydrogen-bond acceptors (Lipinski definition) is 5. The third kappa shape index (κ3) is 5.98. The van der Waals surface area contributed by atoms with Crippen molar-refractivity contribution in [2.75, 3.05) is 7.11 Å². The Labute approximate surface area is 147 Å². The summed E-state index contributed by atoms with van der Waals surface area (Å²) in [6.07, 6.45) is 0.313. The molecule has 0 aliphatic heterocycles. The van der Waals surface area contributed by atoms with E-state index in [0.29, 0.717) is 13.0 Å². The highest BCUT2D eigenvalue weighted by Crippen LogP contribution is 2.24. The summed E-state index contributed by atoms with van der Waals surface area (Å²) in [5.41, 5.74) is 0.675. The first-order chi connectivity index (χ1) is 11.4. The summed E-state index contributed by atoms with van der Waals surface area (Å²) in [6, 6.07) is 11.9. The third-order valence-electron chi connectivity index (χ3n) is 3.39. The Morgan fingerprint density at radius 1 is 1.21 bits per heavy atom. The number of carbonyl (C=O) groups excluding carboxylic acids is 1. The van der Waals surface area contributed by atoms with Crippen LogP contribution in [0.5, 0.6) is 5.75 Å². The molecular formula is C19H25NO3S. The standard InChI is InChI=1S/C19H25NO3S/c1-19(2,3)23-18(21)12-16(17-6-5-11-24-17)20-13-14-7-9-15(22-4)10-8-14/h5-11,16,20H,12-13H2,1-4H3/t16-/m1/s1. The maximum Gasteiger partial charge on any atom is 0.308 e. The molecule has 0 fully saturated rings. The van der Waals surface area contributed by atoms with Crippen molar-refractivity contribution in [1.82, 2.24) is 5.32 Å². The predicted octanol–water partition coefficient (Wildman–Crippen LogP) is 4.32. The van der Waals surface area contributed by atoms with Gasteiger partial charge in [-0.25, -0.2) is 0 Å². The molecule has 0 bridgehead atoms. The second-order valence-electron chi connectivity index (χ2n) is 6.59. The van der Waals surface area contributed by atoms with E-state index in [0.717, 1.165) is 16.2 Å². The van der Waals surface area contributed by atoms with Crippen molar-refractivity contribution in [3.8, 4) is 5.75 Å². The highest BCUT2D eigenvalue weighted by Gasteiger charge is 2.22. The van der Waals surface area contributed by atoms with Crippen LogP contribution in [0.2, 0.25) is 0 Å². The van der Waals surface area contributed by atoms with Gasteiger partial charge >= 0.3 is 5.97 Å². The molecule has 0 radical (unpaired) electrons. The number of rotatable bonds is 7. The Balaban J connectivity index is 2.00. The molecule has 130 valence electrons. The van der Waals surface area contributed by atoms with Crippen LogP contribution >= 0.6 is 11.3 Å². The Bertz CT molecular complexity index is 630. The fourth-order valence-corrected chi connectivity index (χ4v) is 3.10. The topological polar surface area (TPSA) is 47.6 Å². The molecule has 1 heterocycles. The molecule has 0 aliphatic rings. The van der Waals surface area contributed by atoms with Crippen LogP contribution in [-0.2, 0) is 16.1 Å². The number of benzene rings is 1. The SMILES string of the molecule is COc1ccc(CN[C@H](CC(=O)OC(C)(C)C)c2cccs2)cc1. The van der Waals surface area contributed by atoms with Gasteiger partial charge in [-0.3, -0.25) is 4.79 Å². The van der Waals surface area contributed by atoms with Crippen molar-refractivity contribution in [2.24, 2.45) is 0 Å². The zero-order valence-corrected chi connectivity index (χ0v) is 15.5. The summed E-state index contributed by atoms with van der Waals surface area (Å²) in [5, 5.41) is 5.48. The van der Waals surface area contributed by atoms with Gasteiger partial charge in [0.25, 0.3) is 0 Å². The molecule has 1 aromatic carbocycles. The molecular weight excluding hydrogens is 322 g/mol. The normalized spacial score (nSPS) is 12.7. The van der Waals surface area contributed by atoms with Gasteiger partial charge in [0.15, 0.2) is 0 Å². The first-order valence-corrected chi connectivity index (χ1v) is 8.87. The van der Waals surface area contributed by atoms with Crippen LogP contribution < -0.4 is 10.1 Å². The Hall–Kier alpha value is -1.85. The number of ether oxygens (including phenoxy) is 2. The van der Waals surface area contributed by atoms with Crippen molar-refractivity contribution in [2.45, 2.75) is 45.4 Å². The maximum absolute atomic E-state index is 12.2. The van der Waals surface area contributed by atoms with Crippen molar-refractivity contribution in [1.29, 1.82) is 0 Å². The Morgan fingerprint density at radius 3 is 2.46 bits per heavy atom. The van der Waals surface area contributed by atoms with E-state index in [4.69, 9.17) is 9.47 Å². The van der Waals surface area contributed by atoms with Crippen molar-refractivity contribution < 1.29 is 14.3 Å². The van der Waals surface area contributed by atoms with E-state index in [-0.39, 0.29) is 12.0 Å². The van der Waals surface area contributed by atoms with E-state index in [9.17, 15) is 4.79 Å². The molecule has 0 spiro atoms. The minimum absolute atomic E-state index is 0.0537. The zero-order valence-electron chi connectivity index (χ0n) is 14.7. The van der Waals surface area contributed by atoms with Crippen molar-refractivity contribution in [3.05, 3.63) is 52.2 Å². The van der Waals surface area contributed by atoms with Gasteiger partial charge in [-0.1, -0.05) is 18.2 Å². The average molecular weight is 347 g/mol. The van der Waals surface area contributed by atoms with Crippen LogP contribution in [0.4, 0.5) is 0 Å². The van der Waals surface area contributed by atoms with Crippen molar-refractivity contribution >= 4 is 17.3 Å². The number of carbonyl (C=O) groups is 1. The highest BCUT2D eigenvalue weighted by molar-refractivity contribution is 7.10. The molecule has 0 aliphatic carbocycles. The third-order valence-corrected chi connectivity index (χ3v) is 4.38. The first kappa shape index (κ1) is 18.5. The summed E-state index contributed by atoms with van der Waals surface area (Å²) < 4.78 is 10.6. The molecule has 5 heteroatoms. The quantitative estimate of drug-likeness (QED) is 0.758.